The number of nitrogens with zero attached hydrogens (tertiary/aromatic N) is 1. The van der Waals surface area contributed by atoms with Crippen LogP contribution in [-0.4, -0.2) is 37.1 Å². The van der Waals surface area contributed by atoms with Gasteiger partial charge in [0.1, 0.15) is 0 Å². The topological polar surface area (TPSA) is 66.5 Å². The molecule has 1 amide bonds. The van der Waals surface area contributed by atoms with Crippen LogP contribution in [-0.2, 0) is 14.8 Å². The molecule has 0 bridgehead atoms. The normalized spacial score (nSPS) is 26.7. The van der Waals surface area contributed by atoms with Crippen molar-refractivity contribution >= 4 is 39.1 Å². The monoisotopic (exact) mass is 588 g/mol. The van der Waals surface area contributed by atoms with E-state index in [-0.39, 0.29) is 41.6 Å². The highest BCUT2D eigenvalue weighted by Gasteiger charge is 2.54. The highest BCUT2D eigenvalue weighted by atomic mass is 35.5. The number of rotatable bonds is 11. The summed E-state index contributed by atoms with van der Waals surface area (Å²) in [7, 11) is -3.42. The zero-order valence-electron chi connectivity index (χ0n) is 22.5. The minimum Gasteiger partial charge on any atom is -0.330 e. The maximum atomic E-state index is 14.7. The Balaban J connectivity index is 1.63. The van der Waals surface area contributed by atoms with Crippen molar-refractivity contribution < 1.29 is 13.2 Å². The van der Waals surface area contributed by atoms with Crippen LogP contribution in [0.2, 0.25) is 10.0 Å². The molecule has 2 saturated carbocycles. The predicted octanol–water partition coefficient (Wildman–Crippen LogP) is 7.27. The maximum absolute atomic E-state index is 14.7. The Morgan fingerprint density at radius 3 is 2.36 bits per heavy atom. The van der Waals surface area contributed by atoms with Crippen molar-refractivity contribution in [3.05, 3.63) is 82.4 Å². The zero-order chi connectivity index (χ0) is 27.8. The quantitative estimate of drug-likeness (QED) is 0.280. The molecule has 0 radical (unpaired) electrons. The fourth-order valence-electron chi connectivity index (χ4n) is 6.52. The van der Waals surface area contributed by atoms with Gasteiger partial charge >= 0.3 is 0 Å². The highest BCUT2D eigenvalue weighted by molar-refractivity contribution is 7.90. The van der Waals surface area contributed by atoms with Gasteiger partial charge in [0.05, 0.1) is 16.7 Å². The van der Waals surface area contributed by atoms with Gasteiger partial charge in [-0.3, -0.25) is 4.79 Å². The number of likely N-dealkylation sites (tertiary alicyclic amines) is 1. The van der Waals surface area contributed by atoms with Crippen LogP contribution in [0.1, 0.15) is 81.4 Å². The number of amides is 1. The molecule has 0 unspecified atom stereocenters. The van der Waals surface area contributed by atoms with Crippen molar-refractivity contribution in [1.29, 1.82) is 0 Å². The molecule has 5 nitrogen and oxygen atoms in total. The lowest BCUT2D eigenvalue weighted by molar-refractivity contribution is -0.156. The van der Waals surface area contributed by atoms with E-state index in [1.165, 1.54) is 0 Å². The molecule has 0 aromatic heterocycles. The summed E-state index contributed by atoms with van der Waals surface area (Å²) < 4.78 is 29.1. The second-order valence-corrected chi connectivity index (χ2v) is 14.5. The Morgan fingerprint density at radius 1 is 1.08 bits per heavy atom. The number of benzene rings is 2. The van der Waals surface area contributed by atoms with Crippen LogP contribution in [0.15, 0.2) is 61.2 Å². The van der Waals surface area contributed by atoms with Gasteiger partial charge in [-0.05, 0) is 86.3 Å². The van der Waals surface area contributed by atoms with Crippen LogP contribution in [0.25, 0.3) is 0 Å². The summed E-state index contributed by atoms with van der Waals surface area (Å²) in [5.74, 6) is 0.305. The second-order valence-electron chi connectivity index (χ2n) is 11.6. The molecule has 2 aromatic carbocycles. The van der Waals surface area contributed by atoms with Gasteiger partial charge in [0.15, 0.2) is 0 Å². The molecular formula is C31H38Cl2N2O3S. The molecule has 1 N–H and O–H groups in total. The van der Waals surface area contributed by atoms with Crippen LogP contribution in [0, 0.1) is 11.3 Å². The lowest BCUT2D eigenvalue weighted by atomic mass is 9.65. The van der Waals surface area contributed by atoms with Crippen molar-refractivity contribution in [2.45, 2.75) is 81.5 Å². The average Bonchev–Trinajstić information content (AvgIpc) is 3.71. The third-order valence-electron chi connectivity index (χ3n) is 9.19. The van der Waals surface area contributed by atoms with Gasteiger partial charge in [0.2, 0.25) is 15.9 Å². The van der Waals surface area contributed by atoms with Crippen LogP contribution >= 0.6 is 23.2 Å². The van der Waals surface area contributed by atoms with Crippen molar-refractivity contribution in [2.75, 3.05) is 6.54 Å². The van der Waals surface area contributed by atoms with E-state index in [1.807, 2.05) is 53.4 Å². The second kappa shape index (κ2) is 11.6. The van der Waals surface area contributed by atoms with Crippen molar-refractivity contribution in [1.82, 2.24) is 9.62 Å². The largest absolute Gasteiger partial charge is 0.330 e. The first-order valence-electron chi connectivity index (χ1n) is 14.1. The van der Waals surface area contributed by atoms with Crippen LogP contribution in [0.5, 0.6) is 0 Å². The molecule has 5 rings (SSSR count). The first kappa shape index (κ1) is 28.7. The zero-order valence-corrected chi connectivity index (χ0v) is 24.8. The van der Waals surface area contributed by atoms with E-state index in [1.54, 1.807) is 0 Å². The summed E-state index contributed by atoms with van der Waals surface area (Å²) in [4.78, 5) is 16.8. The number of carbonyl (C=O) groups excluding carboxylic acids is 1. The average molecular weight is 590 g/mol. The number of hydrogen-bond donors (Lipinski definition) is 1. The first-order chi connectivity index (χ1) is 18.7. The molecule has 8 heteroatoms. The van der Waals surface area contributed by atoms with Crippen LogP contribution in [0.4, 0.5) is 0 Å². The van der Waals surface area contributed by atoms with Gasteiger partial charge in [0, 0.05) is 28.5 Å². The Morgan fingerprint density at radius 2 is 1.79 bits per heavy atom. The van der Waals surface area contributed by atoms with E-state index in [0.29, 0.717) is 42.1 Å². The molecule has 0 spiro atoms. The fraction of sp³-hybridized carbons (Fsp3) is 0.516. The molecule has 2 aromatic rings. The van der Waals surface area contributed by atoms with Crippen molar-refractivity contribution in [3.63, 3.8) is 0 Å². The molecular weight excluding hydrogens is 551 g/mol. The number of piperidine rings is 1. The lowest BCUT2D eigenvalue weighted by Gasteiger charge is -2.53. The third kappa shape index (κ3) is 5.81. The number of allylic oxidation sites excluding steroid dienone is 1. The number of halogens is 2. The highest BCUT2D eigenvalue weighted by Crippen LogP contribution is 2.55. The predicted molar refractivity (Wildman–Crippen MR) is 158 cm³/mol. The molecule has 3 aliphatic rings. The Bertz CT molecular complexity index is 1310. The number of carbonyl (C=O) groups is 1. The molecule has 1 saturated heterocycles. The van der Waals surface area contributed by atoms with Gasteiger partial charge in [0.25, 0.3) is 0 Å². The van der Waals surface area contributed by atoms with Gasteiger partial charge in [-0.25, -0.2) is 13.1 Å². The molecule has 210 valence electrons. The van der Waals surface area contributed by atoms with E-state index >= 15 is 0 Å². The van der Waals surface area contributed by atoms with Crippen LogP contribution in [0.3, 0.4) is 0 Å². The fourth-order valence-corrected chi connectivity index (χ4v) is 8.44. The Labute approximate surface area is 243 Å². The van der Waals surface area contributed by atoms with E-state index in [2.05, 4.69) is 24.3 Å². The van der Waals surface area contributed by atoms with Crippen molar-refractivity contribution in [2.24, 2.45) is 11.3 Å². The SMILES string of the molecule is C=CC[C@@]1(CC)C[C@H](c2cccc(Cl)c2)[C@@H](c2ccc(Cl)cc2)N([C@@H](CNS(=O)(=O)C2CCC2)C2CC2)C1=O. The minimum atomic E-state index is -3.42. The third-order valence-corrected chi connectivity index (χ3v) is 11.6. The van der Waals surface area contributed by atoms with Crippen LogP contribution < -0.4 is 4.72 Å². The Kier molecular flexibility index (Phi) is 8.49. The van der Waals surface area contributed by atoms with Gasteiger partial charge in [-0.15, -0.1) is 6.58 Å². The van der Waals surface area contributed by atoms with Gasteiger partial charge in [-0.1, -0.05) is 66.9 Å². The van der Waals surface area contributed by atoms with E-state index < -0.39 is 15.4 Å². The summed E-state index contributed by atoms with van der Waals surface area (Å²) in [5, 5.41) is 0.966. The number of hydrogen-bond acceptors (Lipinski definition) is 3. The summed E-state index contributed by atoms with van der Waals surface area (Å²) >= 11 is 12.8. The standard InChI is InChI=1S/C31H38Cl2N2O3S/c1-3-17-31(4-2)19-27(23-7-5-8-25(33)18-23)29(22-13-15-24(32)16-14-22)35(30(31)36)28(21-11-12-21)20-34-39(37,38)26-9-6-10-26/h3,5,7-8,13-16,18,21,26-29,34H,1,4,6,9-12,17,19-20H2,2H3/t27-,28+,29-,31+/m1/s1. The molecule has 4 atom stereocenters. The van der Waals surface area contributed by atoms with Crippen molar-refractivity contribution in [3.8, 4) is 0 Å². The summed E-state index contributed by atoms with van der Waals surface area (Å²) in [6.45, 7) is 6.31. The molecule has 1 heterocycles. The van der Waals surface area contributed by atoms with E-state index in [9.17, 15) is 13.2 Å². The summed E-state index contributed by atoms with van der Waals surface area (Å²) in [6, 6.07) is 15.1. The number of sulfonamides is 1. The first-order valence-corrected chi connectivity index (χ1v) is 16.4. The number of nitrogens with one attached hydrogen (secondary N) is 1. The summed E-state index contributed by atoms with van der Waals surface area (Å²) in [5.41, 5.74) is 1.44. The molecule has 3 fully saturated rings. The Hall–Kier alpha value is -1.86. The maximum Gasteiger partial charge on any atom is 0.229 e. The van der Waals surface area contributed by atoms with Gasteiger partial charge in [-0.2, -0.15) is 0 Å². The molecule has 1 aliphatic heterocycles. The van der Waals surface area contributed by atoms with Gasteiger partial charge < -0.3 is 4.90 Å². The van der Waals surface area contributed by atoms with E-state index in [0.717, 1.165) is 30.4 Å². The molecule has 39 heavy (non-hydrogen) atoms. The molecule has 2 aliphatic carbocycles. The lowest BCUT2D eigenvalue weighted by Crippen LogP contribution is -2.59. The summed E-state index contributed by atoms with van der Waals surface area (Å²) in [6.07, 6.45) is 8.06. The van der Waals surface area contributed by atoms with E-state index in [4.69, 9.17) is 23.2 Å². The smallest absolute Gasteiger partial charge is 0.229 e. The minimum absolute atomic E-state index is 0.0352.